The Hall–Kier alpha value is -1.09. The number of carbonyl (C=O) groups excluding carboxylic acids is 1. The molecule has 96 valence electrons. The standard InChI is InChI=1S/C14H23NO2/c1-6-12-7-10(4)8-13(17-9(2)3)14(12)15-11(5)16/h6-7,9,12-14H,1,8H2,2-5H3,(H,15,16)/t12-,13+,14+/m0/s1. The summed E-state index contributed by atoms with van der Waals surface area (Å²) in [7, 11) is 0. The molecule has 0 saturated carbocycles. The van der Waals surface area contributed by atoms with Crippen molar-refractivity contribution in [2.75, 3.05) is 0 Å². The molecule has 0 unspecified atom stereocenters. The second-order valence-corrected chi connectivity index (χ2v) is 4.98. The van der Waals surface area contributed by atoms with E-state index in [4.69, 9.17) is 4.74 Å². The second-order valence-electron chi connectivity index (χ2n) is 4.98. The molecule has 0 aromatic rings. The van der Waals surface area contributed by atoms with Crippen molar-refractivity contribution >= 4 is 5.91 Å². The van der Waals surface area contributed by atoms with E-state index in [-0.39, 0.29) is 30.1 Å². The number of hydrogen-bond donors (Lipinski definition) is 1. The normalized spacial score (nSPS) is 28.8. The maximum Gasteiger partial charge on any atom is 0.217 e. The van der Waals surface area contributed by atoms with Gasteiger partial charge in [-0.2, -0.15) is 0 Å². The van der Waals surface area contributed by atoms with Gasteiger partial charge in [-0.25, -0.2) is 0 Å². The first-order valence-corrected chi connectivity index (χ1v) is 6.16. The Kier molecular flexibility index (Phi) is 4.94. The minimum Gasteiger partial charge on any atom is -0.373 e. The molecule has 0 fully saturated rings. The first-order chi connectivity index (χ1) is 7.93. The maximum absolute atomic E-state index is 11.3. The van der Waals surface area contributed by atoms with Gasteiger partial charge in [0.25, 0.3) is 0 Å². The molecule has 0 aliphatic heterocycles. The lowest BCUT2D eigenvalue weighted by atomic mass is 9.84. The van der Waals surface area contributed by atoms with Crippen molar-refractivity contribution in [3.8, 4) is 0 Å². The van der Waals surface area contributed by atoms with Crippen LogP contribution in [0.25, 0.3) is 0 Å². The number of rotatable bonds is 4. The van der Waals surface area contributed by atoms with E-state index in [1.54, 1.807) is 0 Å². The van der Waals surface area contributed by atoms with E-state index in [9.17, 15) is 4.79 Å². The number of nitrogens with one attached hydrogen (secondary N) is 1. The topological polar surface area (TPSA) is 38.3 Å². The van der Waals surface area contributed by atoms with Crippen LogP contribution in [-0.4, -0.2) is 24.2 Å². The van der Waals surface area contributed by atoms with Crippen LogP contribution in [0.15, 0.2) is 24.3 Å². The number of amides is 1. The highest BCUT2D eigenvalue weighted by atomic mass is 16.5. The molecule has 0 saturated heterocycles. The monoisotopic (exact) mass is 237 g/mol. The highest BCUT2D eigenvalue weighted by Crippen LogP contribution is 2.27. The summed E-state index contributed by atoms with van der Waals surface area (Å²) in [6, 6.07) is -0.00361. The zero-order valence-electron chi connectivity index (χ0n) is 11.2. The summed E-state index contributed by atoms with van der Waals surface area (Å²) in [6.07, 6.45) is 5.10. The lowest BCUT2D eigenvalue weighted by Gasteiger charge is -2.36. The van der Waals surface area contributed by atoms with Gasteiger partial charge in [0.2, 0.25) is 5.91 Å². The molecular weight excluding hydrogens is 214 g/mol. The van der Waals surface area contributed by atoms with Gasteiger partial charge >= 0.3 is 0 Å². The van der Waals surface area contributed by atoms with Crippen molar-refractivity contribution in [3.05, 3.63) is 24.3 Å². The third kappa shape index (κ3) is 4.00. The first-order valence-electron chi connectivity index (χ1n) is 6.16. The fraction of sp³-hybridized carbons (Fsp3) is 0.643. The molecule has 17 heavy (non-hydrogen) atoms. The fourth-order valence-electron chi connectivity index (χ4n) is 2.31. The van der Waals surface area contributed by atoms with Crippen LogP contribution in [0.4, 0.5) is 0 Å². The van der Waals surface area contributed by atoms with Gasteiger partial charge in [0.05, 0.1) is 18.2 Å². The molecule has 0 heterocycles. The molecule has 1 aliphatic rings. The summed E-state index contributed by atoms with van der Waals surface area (Å²) in [4.78, 5) is 11.3. The summed E-state index contributed by atoms with van der Waals surface area (Å²) >= 11 is 0. The van der Waals surface area contributed by atoms with Crippen molar-refractivity contribution in [2.45, 2.75) is 52.4 Å². The molecule has 0 aromatic carbocycles. The highest BCUT2D eigenvalue weighted by Gasteiger charge is 2.32. The smallest absolute Gasteiger partial charge is 0.217 e. The van der Waals surface area contributed by atoms with E-state index in [0.717, 1.165) is 6.42 Å². The van der Waals surface area contributed by atoms with Gasteiger partial charge in [0, 0.05) is 12.8 Å². The zero-order chi connectivity index (χ0) is 13.0. The van der Waals surface area contributed by atoms with Gasteiger partial charge < -0.3 is 10.1 Å². The third-order valence-electron chi connectivity index (χ3n) is 2.90. The van der Waals surface area contributed by atoms with Crippen LogP contribution in [0.2, 0.25) is 0 Å². The van der Waals surface area contributed by atoms with Crippen molar-refractivity contribution in [3.63, 3.8) is 0 Å². The Balaban J connectivity index is 2.87. The third-order valence-corrected chi connectivity index (χ3v) is 2.90. The predicted molar refractivity (Wildman–Crippen MR) is 69.7 cm³/mol. The van der Waals surface area contributed by atoms with Crippen LogP contribution in [0, 0.1) is 5.92 Å². The van der Waals surface area contributed by atoms with Gasteiger partial charge in [-0.15, -0.1) is 6.58 Å². The molecule has 1 rings (SSSR count). The van der Waals surface area contributed by atoms with E-state index < -0.39 is 0 Å². The summed E-state index contributed by atoms with van der Waals surface area (Å²) in [5.74, 6) is 0.128. The van der Waals surface area contributed by atoms with Gasteiger partial charge in [0.15, 0.2) is 0 Å². The molecule has 0 spiro atoms. The lowest BCUT2D eigenvalue weighted by Crippen LogP contribution is -2.50. The summed E-state index contributed by atoms with van der Waals surface area (Å²) < 4.78 is 5.90. The van der Waals surface area contributed by atoms with E-state index in [2.05, 4.69) is 24.9 Å². The molecule has 1 amide bonds. The second kappa shape index (κ2) is 6.01. The van der Waals surface area contributed by atoms with Crippen LogP contribution in [0.3, 0.4) is 0 Å². The maximum atomic E-state index is 11.3. The Bertz CT molecular complexity index is 320. The van der Waals surface area contributed by atoms with Crippen LogP contribution < -0.4 is 5.32 Å². The van der Waals surface area contributed by atoms with Crippen molar-refractivity contribution in [1.29, 1.82) is 0 Å². The molecule has 1 N–H and O–H groups in total. The van der Waals surface area contributed by atoms with E-state index >= 15 is 0 Å². The number of carbonyl (C=O) groups is 1. The Morgan fingerprint density at radius 3 is 2.76 bits per heavy atom. The molecule has 3 heteroatoms. The fourth-order valence-corrected chi connectivity index (χ4v) is 2.31. The SMILES string of the molecule is C=C[C@H]1C=C(C)C[C@@H](OC(C)C)[C@@H]1NC(C)=O. The summed E-state index contributed by atoms with van der Waals surface area (Å²) in [5, 5.41) is 2.98. The van der Waals surface area contributed by atoms with Gasteiger partial charge in [-0.05, 0) is 27.2 Å². The molecule has 0 aromatic heterocycles. The molecule has 0 radical (unpaired) electrons. The average Bonchev–Trinajstić information content (AvgIpc) is 2.20. The van der Waals surface area contributed by atoms with Crippen LogP contribution >= 0.6 is 0 Å². The number of ether oxygens (including phenoxy) is 1. The highest BCUT2D eigenvalue weighted by molar-refractivity contribution is 5.73. The Labute approximate surface area is 104 Å². The van der Waals surface area contributed by atoms with Gasteiger partial charge in [-0.3, -0.25) is 4.79 Å². The number of hydrogen-bond acceptors (Lipinski definition) is 2. The summed E-state index contributed by atoms with van der Waals surface area (Å²) in [5.41, 5.74) is 1.29. The van der Waals surface area contributed by atoms with Crippen molar-refractivity contribution in [1.82, 2.24) is 5.32 Å². The molecule has 1 aliphatic carbocycles. The zero-order valence-corrected chi connectivity index (χ0v) is 11.2. The van der Waals surface area contributed by atoms with E-state index in [1.165, 1.54) is 12.5 Å². The van der Waals surface area contributed by atoms with Gasteiger partial charge in [-0.1, -0.05) is 17.7 Å². The lowest BCUT2D eigenvalue weighted by molar-refractivity contribution is -0.122. The Morgan fingerprint density at radius 2 is 2.29 bits per heavy atom. The van der Waals surface area contributed by atoms with Crippen molar-refractivity contribution < 1.29 is 9.53 Å². The van der Waals surface area contributed by atoms with Crippen LogP contribution in [-0.2, 0) is 9.53 Å². The minimum atomic E-state index is -0.0211. The first kappa shape index (κ1) is 14.0. The van der Waals surface area contributed by atoms with Gasteiger partial charge in [0.1, 0.15) is 0 Å². The van der Waals surface area contributed by atoms with Crippen LogP contribution in [0.1, 0.15) is 34.1 Å². The molecule has 0 bridgehead atoms. The predicted octanol–water partition coefficient (Wildman–Crippen LogP) is 2.44. The van der Waals surface area contributed by atoms with Crippen LogP contribution in [0.5, 0.6) is 0 Å². The molecular formula is C14H23NO2. The van der Waals surface area contributed by atoms with E-state index in [1.807, 2.05) is 19.9 Å². The van der Waals surface area contributed by atoms with Crippen molar-refractivity contribution in [2.24, 2.45) is 5.92 Å². The van der Waals surface area contributed by atoms with E-state index in [0.29, 0.717) is 0 Å². The summed E-state index contributed by atoms with van der Waals surface area (Å²) in [6.45, 7) is 11.5. The Morgan fingerprint density at radius 1 is 1.65 bits per heavy atom. The molecule has 3 atom stereocenters. The minimum absolute atomic E-state index is 0.00361. The average molecular weight is 237 g/mol. The molecule has 3 nitrogen and oxygen atoms in total. The quantitative estimate of drug-likeness (QED) is 0.763. The largest absolute Gasteiger partial charge is 0.373 e.